The number of aromatic amines is 1. The van der Waals surface area contributed by atoms with Gasteiger partial charge < -0.3 is 14.6 Å². The molecule has 0 saturated heterocycles. The number of furan rings is 1. The number of aryl methyl sites for hydroxylation is 2. The standard InChI is InChI=1S/C19H24N4O2/c1-13-14(11-21-22-13)7-6-10-20-19(24)18-16(12-23(2)3)15-8-4-5-9-17(15)25-18/h4-5,8-9,11H,6-7,10,12H2,1-3H3,(H,20,24)(H,21,22). The monoisotopic (exact) mass is 340 g/mol. The predicted molar refractivity (Wildman–Crippen MR) is 97.6 cm³/mol. The number of para-hydroxylation sites is 1. The van der Waals surface area contributed by atoms with Gasteiger partial charge in [0.1, 0.15) is 5.58 Å². The molecule has 0 aliphatic heterocycles. The van der Waals surface area contributed by atoms with Crippen molar-refractivity contribution >= 4 is 16.9 Å². The lowest BCUT2D eigenvalue weighted by molar-refractivity contribution is 0.0925. The Labute approximate surface area is 147 Å². The predicted octanol–water partition coefficient (Wildman–Crippen LogP) is 2.89. The fourth-order valence-corrected chi connectivity index (χ4v) is 2.94. The van der Waals surface area contributed by atoms with Crippen molar-refractivity contribution in [1.82, 2.24) is 20.4 Å². The summed E-state index contributed by atoms with van der Waals surface area (Å²) in [4.78, 5) is 14.6. The van der Waals surface area contributed by atoms with Crippen molar-refractivity contribution < 1.29 is 9.21 Å². The number of rotatable bonds is 7. The van der Waals surface area contributed by atoms with E-state index in [9.17, 15) is 4.79 Å². The summed E-state index contributed by atoms with van der Waals surface area (Å²) in [5, 5.41) is 10.9. The zero-order valence-electron chi connectivity index (χ0n) is 14.9. The van der Waals surface area contributed by atoms with E-state index in [1.807, 2.05) is 56.4 Å². The third-order valence-electron chi connectivity index (χ3n) is 4.22. The molecule has 0 radical (unpaired) electrons. The summed E-state index contributed by atoms with van der Waals surface area (Å²) < 4.78 is 5.83. The SMILES string of the molecule is Cc1[nH]ncc1CCCNC(=O)c1oc2ccccc2c1CN(C)C. The maximum atomic E-state index is 12.6. The van der Waals surface area contributed by atoms with E-state index in [0.717, 1.165) is 35.1 Å². The number of nitrogens with one attached hydrogen (secondary N) is 2. The van der Waals surface area contributed by atoms with Crippen molar-refractivity contribution in [3.8, 4) is 0 Å². The van der Waals surface area contributed by atoms with Crippen LogP contribution >= 0.6 is 0 Å². The zero-order chi connectivity index (χ0) is 17.8. The summed E-state index contributed by atoms with van der Waals surface area (Å²) in [6.45, 7) is 3.26. The highest BCUT2D eigenvalue weighted by atomic mass is 16.3. The van der Waals surface area contributed by atoms with Crippen LogP contribution in [-0.2, 0) is 13.0 Å². The summed E-state index contributed by atoms with van der Waals surface area (Å²) in [7, 11) is 3.97. The molecule has 1 amide bonds. The second-order valence-electron chi connectivity index (χ2n) is 6.52. The van der Waals surface area contributed by atoms with Crippen LogP contribution < -0.4 is 5.32 Å². The number of amides is 1. The van der Waals surface area contributed by atoms with Gasteiger partial charge in [0.15, 0.2) is 5.76 Å². The quantitative estimate of drug-likeness (QED) is 0.649. The highest BCUT2D eigenvalue weighted by Crippen LogP contribution is 2.26. The van der Waals surface area contributed by atoms with Crippen LogP contribution in [-0.4, -0.2) is 41.6 Å². The number of hydrogen-bond acceptors (Lipinski definition) is 4. The molecule has 3 aromatic rings. The van der Waals surface area contributed by atoms with Crippen LogP contribution in [0.4, 0.5) is 0 Å². The molecule has 6 heteroatoms. The first-order chi connectivity index (χ1) is 12.1. The zero-order valence-corrected chi connectivity index (χ0v) is 14.9. The van der Waals surface area contributed by atoms with Crippen molar-refractivity contribution in [3.63, 3.8) is 0 Å². The second-order valence-corrected chi connectivity index (χ2v) is 6.52. The molecule has 132 valence electrons. The van der Waals surface area contributed by atoms with Crippen molar-refractivity contribution in [2.45, 2.75) is 26.3 Å². The normalized spacial score (nSPS) is 11.4. The Hall–Kier alpha value is -2.60. The van der Waals surface area contributed by atoms with Gasteiger partial charge in [-0.1, -0.05) is 18.2 Å². The van der Waals surface area contributed by atoms with Crippen LogP contribution in [0.5, 0.6) is 0 Å². The van der Waals surface area contributed by atoms with Gasteiger partial charge >= 0.3 is 0 Å². The molecule has 1 aromatic carbocycles. The molecular formula is C19H24N4O2. The van der Waals surface area contributed by atoms with E-state index in [0.29, 0.717) is 18.8 Å². The Morgan fingerprint density at radius 1 is 1.32 bits per heavy atom. The van der Waals surface area contributed by atoms with E-state index in [1.165, 1.54) is 5.56 Å². The largest absolute Gasteiger partial charge is 0.451 e. The van der Waals surface area contributed by atoms with Crippen LogP contribution in [0.3, 0.4) is 0 Å². The Bertz CT molecular complexity index is 863. The van der Waals surface area contributed by atoms with Crippen molar-refractivity contribution in [2.75, 3.05) is 20.6 Å². The molecule has 0 atom stereocenters. The van der Waals surface area contributed by atoms with Gasteiger partial charge in [-0.2, -0.15) is 5.10 Å². The lowest BCUT2D eigenvalue weighted by Gasteiger charge is -2.10. The molecule has 2 aromatic heterocycles. The highest BCUT2D eigenvalue weighted by Gasteiger charge is 2.20. The van der Waals surface area contributed by atoms with Gasteiger partial charge in [-0.3, -0.25) is 9.89 Å². The molecule has 0 fully saturated rings. The van der Waals surface area contributed by atoms with Gasteiger partial charge in [0, 0.05) is 29.7 Å². The number of carbonyl (C=O) groups is 1. The van der Waals surface area contributed by atoms with E-state index in [2.05, 4.69) is 15.5 Å². The van der Waals surface area contributed by atoms with E-state index >= 15 is 0 Å². The first-order valence-corrected chi connectivity index (χ1v) is 8.48. The summed E-state index contributed by atoms with van der Waals surface area (Å²) in [5.41, 5.74) is 3.95. The number of nitrogens with zero attached hydrogens (tertiary/aromatic N) is 2. The number of aromatic nitrogens is 2. The minimum Gasteiger partial charge on any atom is -0.451 e. The van der Waals surface area contributed by atoms with Crippen LogP contribution in [0.2, 0.25) is 0 Å². The topological polar surface area (TPSA) is 74.2 Å². The van der Waals surface area contributed by atoms with Gasteiger partial charge in [-0.05, 0) is 45.5 Å². The Balaban J connectivity index is 1.68. The van der Waals surface area contributed by atoms with Crippen LogP contribution in [0.25, 0.3) is 11.0 Å². The minimum absolute atomic E-state index is 0.156. The smallest absolute Gasteiger partial charge is 0.287 e. The molecule has 25 heavy (non-hydrogen) atoms. The van der Waals surface area contributed by atoms with Crippen molar-refractivity contribution in [2.24, 2.45) is 0 Å². The maximum Gasteiger partial charge on any atom is 0.287 e. The Morgan fingerprint density at radius 3 is 2.84 bits per heavy atom. The molecule has 6 nitrogen and oxygen atoms in total. The Kier molecular flexibility index (Phi) is 5.19. The first kappa shape index (κ1) is 17.2. The van der Waals surface area contributed by atoms with Gasteiger partial charge in [0.05, 0.1) is 6.20 Å². The number of H-pyrrole nitrogens is 1. The van der Waals surface area contributed by atoms with Crippen LogP contribution in [0.1, 0.15) is 33.8 Å². The van der Waals surface area contributed by atoms with E-state index in [-0.39, 0.29) is 5.91 Å². The summed E-state index contributed by atoms with van der Waals surface area (Å²) in [5.74, 6) is 0.256. The summed E-state index contributed by atoms with van der Waals surface area (Å²) >= 11 is 0. The summed E-state index contributed by atoms with van der Waals surface area (Å²) in [6.07, 6.45) is 3.58. The Morgan fingerprint density at radius 2 is 2.12 bits per heavy atom. The number of carbonyl (C=O) groups excluding carboxylic acids is 1. The molecule has 0 spiro atoms. The third kappa shape index (κ3) is 3.91. The van der Waals surface area contributed by atoms with Gasteiger partial charge in [0.2, 0.25) is 0 Å². The minimum atomic E-state index is -0.156. The second kappa shape index (κ2) is 7.53. The molecule has 2 heterocycles. The molecule has 0 unspecified atom stereocenters. The number of fused-ring (bicyclic) bond motifs is 1. The van der Waals surface area contributed by atoms with Crippen molar-refractivity contribution in [3.05, 3.63) is 53.0 Å². The maximum absolute atomic E-state index is 12.6. The van der Waals surface area contributed by atoms with Gasteiger partial charge in [-0.25, -0.2) is 0 Å². The third-order valence-corrected chi connectivity index (χ3v) is 4.22. The van der Waals surface area contributed by atoms with Crippen LogP contribution in [0, 0.1) is 6.92 Å². The molecule has 0 saturated carbocycles. The lowest BCUT2D eigenvalue weighted by Crippen LogP contribution is -2.26. The number of hydrogen-bond donors (Lipinski definition) is 2. The average molecular weight is 340 g/mol. The number of benzene rings is 1. The molecular weight excluding hydrogens is 316 g/mol. The fourth-order valence-electron chi connectivity index (χ4n) is 2.94. The molecule has 0 aliphatic carbocycles. The average Bonchev–Trinajstić information content (AvgIpc) is 3.15. The van der Waals surface area contributed by atoms with Crippen molar-refractivity contribution in [1.29, 1.82) is 0 Å². The van der Waals surface area contributed by atoms with E-state index in [1.54, 1.807) is 0 Å². The van der Waals surface area contributed by atoms with E-state index in [4.69, 9.17) is 4.42 Å². The molecule has 0 aliphatic rings. The van der Waals surface area contributed by atoms with E-state index < -0.39 is 0 Å². The fraction of sp³-hybridized carbons (Fsp3) is 0.368. The summed E-state index contributed by atoms with van der Waals surface area (Å²) in [6, 6.07) is 7.77. The lowest BCUT2D eigenvalue weighted by atomic mass is 10.1. The van der Waals surface area contributed by atoms with Crippen LogP contribution in [0.15, 0.2) is 34.9 Å². The first-order valence-electron chi connectivity index (χ1n) is 8.48. The molecule has 2 N–H and O–H groups in total. The molecule has 0 bridgehead atoms. The van der Waals surface area contributed by atoms with Gasteiger partial charge in [0.25, 0.3) is 5.91 Å². The van der Waals surface area contributed by atoms with Gasteiger partial charge in [-0.15, -0.1) is 0 Å². The highest BCUT2D eigenvalue weighted by molar-refractivity contribution is 5.99. The molecule has 3 rings (SSSR count).